The fourth-order valence-electron chi connectivity index (χ4n) is 7.46. The molecule has 48 heavy (non-hydrogen) atoms. The number of phenols is 2. The van der Waals surface area contributed by atoms with E-state index in [-0.39, 0.29) is 0 Å². The topological polar surface area (TPSA) is 77.4 Å². The third kappa shape index (κ3) is 8.21. The highest BCUT2D eigenvalue weighted by atomic mass is 16.5. The van der Waals surface area contributed by atoms with Crippen LogP contribution in [0.25, 0.3) is 0 Å². The monoisotopic (exact) mass is 652 g/mol. The number of hydrogen-bond acceptors (Lipinski definition) is 6. The summed E-state index contributed by atoms with van der Waals surface area (Å²) < 4.78 is 23.3. The molecule has 5 rings (SSSR count). The molecule has 0 aliphatic heterocycles. The van der Waals surface area contributed by atoms with Gasteiger partial charge in [-0.15, -0.1) is 0 Å². The second kappa shape index (κ2) is 16.2. The van der Waals surface area contributed by atoms with Crippen LogP contribution in [0.5, 0.6) is 34.5 Å². The molecule has 6 heteroatoms. The molecule has 6 nitrogen and oxygen atoms in total. The van der Waals surface area contributed by atoms with Gasteiger partial charge in [0.2, 0.25) is 0 Å². The summed E-state index contributed by atoms with van der Waals surface area (Å²) in [6.45, 7) is 4.27. The zero-order chi connectivity index (χ0) is 34.2. The van der Waals surface area contributed by atoms with E-state index in [9.17, 15) is 10.2 Å². The Labute approximate surface area is 286 Å². The van der Waals surface area contributed by atoms with Crippen molar-refractivity contribution in [3.63, 3.8) is 0 Å². The fraction of sp³-hybridized carbons (Fsp3) is 0.429. The van der Waals surface area contributed by atoms with E-state index in [1.54, 1.807) is 28.4 Å². The van der Waals surface area contributed by atoms with Gasteiger partial charge in [0.15, 0.2) is 0 Å². The number of aromatic hydroxyl groups is 2. The second-order valence-electron chi connectivity index (χ2n) is 13.2. The Morgan fingerprint density at radius 3 is 0.854 bits per heavy atom. The molecule has 0 aromatic heterocycles. The summed E-state index contributed by atoms with van der Waals surface area (Å²) in [6.07, 6.45) is 9.71. The van der Waals surface area contributed by atoms with E-state index >= 15 is 0 Å². The van der Waals surface area contributed by atoms with Crippen molar-refractivity contribution in [1.82, 2.24) is 0 Å². The molecule has 1 aliphatic rings. The van der Waals surface area contributed by atoms with E-state index in [0.29, 0.717) is 11.5 Å². The van der Waals surface area contributed by atoms with Crippen LogP contribution in [0.1, 0.15) is 81.3 Å². The number of methoxy groups -OCH3 is 4. The van der Waals surface area contributed by atoms with E-state index < -0.39 is 0 Å². The molecule has 0 saturated heterocycles. The molecule has 8 bridgehead atoms. The number of fused-ring (bicyclic) bond motifs is 8. The first-order valence-corrected chi connectivity index (χ1v) is 17.3. The third-order valence-electron chi connectivity index (χ3n) is 9.71. The van der Waals surface area contributed by atoms with Crippen LogP contribution in [-0.2, 0) is 51.4 Å². The predicted octanol–water partition coefficient (Wildman–Crippen LogP) is 8.76. The van der Waals surface area contributed by atoms with Crippen molar-refractivity contribution < 1.29 is 29.2 Å². The molecule has 4 aromatic carbocycles. The van der Waals surface area contributed by atoms with Gasteiger partial charge in [0.25, 0.3) is 0 Å². The van der Waals surface area contributed by atoms with Crippen LogP contribution in [0.3, 0.4) is 0 Å². The molecule has 0 heterocycles. The molecule has 0 atom stereocenters. The van der Waals surface area contributed by atoms with Crippen molar-refractivity contribution >= 4 is 0 Å². The van der Waals surface area contributed by atoms with Crippen LogP contribution < -0.4 is 18.9 Å². The summed E-state index contributed by atoms with van der Waals surface area (Å²) in [7, 11) is 6.87. The van der Waals surface area contributed by atoms with Crippen molar-refractivity contribution in [3.05, 3.63) is 104 Å². The molecule has 0 spiro atoms. The van der Waals surface area contributed by atoms with Crippen LogP contribution in [0.4, 0.5) is 0 Å². The Bertz CT molecular complexity index is 1490. The van der Waals surface area contributed by atoms with Crippen LogP contribution in [0.15, 0.2) is 48.5 Å². The van der Waals surface area contributed by atoms with Crippen molar-refractivity contribution in [2.75, 3.05) is 28.4 Å². The summed E-state index contributed by atoms with van der Waals surface area (Å²) in [6, 6.07) is 16.7. The van der Waals surface area contributed by atoms with Gasteiger partial charge in [-0.2, -0.15) is 0 Å². The summed E-state index contributed by atoms with van der Waals surface area (Å²) in [5, 5.41) is 22.8. The smallest absolute Gasteiger partial charge is 0.125 e. The molecular weight excluding hydrogens is 600 g/mol. The average molecular weight is 653 g/mol. The number of rotatable bonds is 4. The lowest BCUT2D eigenvalue weighted by Gasteiger charge is -2.18. The molecule has 0 amide bonds. The molecule has 1 aliphatic carbocycles. The molecular formula is C42H52O6. The number of hydrogen-bond donors (Lipinski definition) is 2. The maximum atomic E-state index is 11.4. The van der Waals surface area contributed by atoms with Gasteiger partial charge >= 0.3 is 0 Å². The van der Waals surface area contributed by atoms with Gasteiger partial charge in [0.1, 0.15) is 34.5 Å². The fourth-order valence-corrected chi connectivity index (χ4v) is 7.46. The van der Waals surface area contributed by atoms with Crippen molar-refractivity contribution in [2.45, 2.75) is 90.9 Å². The van der Waals surface area contributed by atoms with Gasteiger partial charge < -0.3 is 29.2 Å². The summed E-state index contributed by atoms with van der Waals surface area (Å²) in [5.74, 6) is 4.19. The average Bonchev–Trinajstić information content (AvgIpc) is 3.07. The molecule has 256 valence electrons. The Morgan fingerprint density at radius 1 is 0.375 bits per heavy atom. The van der Waals surface area contributed by atoms with E-state index in [1.165, 1.54) is 33.4 Å². The molecule has 4 aromatic rings. The maximum absolute atomic E-state index is 11.4. The van der Waals surface area contributed by atoms with Gasteiger partial charge in [-0.05, 0) is 160 Å². The highest BCUT2D eigenvalue weighted by molar-refractivity contribution is 5.50. The standard InChI is InChI=1S/C42H52O6/c1-27-19-33-15-7-11-29-23-37(45-3)25-31(39(29)43)13-9-17-35-21-28(2)22-36(42(35)48-6)18-10-14-32-26-38(46-4)24-30(40(32)44)12-8-16-34(20-27)41(33)47-5/h19-26,43-44H,7-18H2,1-6H3. The number of phenolic OH excluding ortho intramolecular Hbond substituents is 2. The Kier molecular flexibility index (Phi) is 11.8. The van der Waals surface area contributed by atoms with Crippen LogP contribution in [0, 0.1) is 13.8 Å². The first kappa shape index (κ1) is 35.0. The SMILES string of the molecule is COc1cc2c(O)c(c1)CCCc1cc(C)cc(c1OC)CCCc1cc(OC)cc(c1O)CCCc1cc(C)cc(c1OC)CCC2. The highest BCUT2D eigenvalue weighted by Gasteiger charge is 2.17. The minimum absolute atomic E-state index is 0.377. The largest absolute Gasteiger partial charge is 0.507 e. The molecule has 2 N–H and O–H groups in total. The Hall–Kier alpha value is -4.32. The van der Waals surface area contributed by atoms with Gasteiger partial charge in [-0.25, -0.2) is 0 Å². The van der Waals surface area contributed by atoms with E-state index in [1.807, 2.05) is 24.3 Å². The molecule has 0 unspecified atom stereocenters. The quantitative estimate of drug-likeness (QED) is 0.230. The first-order valence-electron chi connectivity index (χ1n) is 17.3. The minimum Gasteiger partial charge on any atom is -0.507 e. The maximum Gasteiger partial charge on any atom is 0.125 e. The van der Waals surface area contributed by atoms with E-state index in [0.717, 1.165) is 122 Å². The summed E-state index contributed by atoms with van der Waals surface area (Å²) in [4.78, 5) is 0. The molecule has 0 fully saturated rings. The normalized spacial score (nSPS) is 14.5. The van der Waals surface area contributed by atoms with Gasteiger partial charge in [0, 0.05) is 0 Å². The third-order valence-corrected chi connectivity index (χ3v) is 9.71. The number of aryl methyl sites for hydroxylation is 10. The zero-order valence-corrected chi connectivity index (χ0v) is 29.6. The Morgan fingerprint density at radius 2 is 0.625 bits per heavy atom. The van der Waals surface area contributed by atoms with Crippen molar-refractivity contribution in [2.24, 2.45) is 0 Å². The molecule has 0 saturated carbocycles. The van der Waals surface area contributed by atoms with Gasteiger partial charge in [-0.3, -0.25) is 0 Å². The van der Waals surface area contributed by atoms with Crippen LogP contribution in [0.2, 0.25) is 0 Å². The first-order chi connectivity index (χ1) is 23.2. The highest BCUT2D eigenvalue weighted by Crippen LogP contribution is 2.36. The number of benzene rings is 4. The van der Waals surface area contributed by atoms with Crippen LogP contribution in [-0.4, -0.2) is 38.7 Å². The number of ether oxygens (including phenoxy) is 4. The lowest BCUT2D eigenvalue weighted by molar-refractivity contribution is 0.401. The summed E-state index contributed by atoms with van der Waals surface area (Å²) in [5.41, 5.74) is 10.8. The van der Waals surface area contributed by atoms with Crippen molar-refractivity contribution in [1.29, 1.82) is 0 Å². The van der Waals surface area contributed by atoms with Crippen LogP contribution >= 0.6 is 0 Å². The van der Waals surface area contributed by atoms with E-state index in [2.05, 4.69) is 38.1 Å². The van der Waals surface area contributed by atoms with Gasteiger partial charge in [-0.1, -0.05) is 35.4 Å². The lowest BCUT2D eigenvalue weighted by atomic mass is 9.92. The van der Waals surface area contributed by atoms with Crippen molar-refractivity contribution in [3.8, 4) is 34.5 Å². The summed E-state index contributed by atoms with van der Waals surface area (Å²) >= 11 is 0. The second-order valence-corrected chi connectivity index (χ2v) is 13.2. The zero-order valence-electron chi connectivity index (χ0n) is 29.6. The van der Waals surface area contributed by atoms with E-state index in [4.69, 9.17) is 18.9 Å². The predicted molar refractivity (Wildman–Crippen MR) is 193 cm³/mol. The molecule has 0 radical (unpaired) electrons. The minimum atomic E-state index is 0.377. The Balaban J connectivity index is 1.50. The van der Waals surface area contributed by atoms with Gasteiger partial charge in [0.05, 0.1) is 28.4 Å². The lowest BCUT2D eigenvalue weighted by Crippen LogP contribution is -2.03.